The lowest BCUT2D eigenvalue weighted by Gasteiger charge is -2.33. The molecule has 0 aromatic heterocycles. The topological polar surface area (TPSA) is 20.3 Å². The van der Waals surface area contributed by atoms with E-state index in [9.17, 15) is 4.79 Å². The summed E-state index contributed by atoms with van der Waals surface area (Å²) in [7, 11) is 0. The van der Waals surface area contributed by atoms with Crippen LogP contribution in [0, 0.1) is 5.41 Å². The van der Waals surface area contributed by atoms with Crippen molar-refractivity contribution >= 4 is 5.78 Å². The number of nitrogens with zero attached hydrogens (tertiary/aromatic N) is 1. The van der Waals surface area contributed by atoms with Crippen LogP contribution in [0.4, 0.5) is 0 Å². The molecule has 1 atom stereocenters. The number of hydrogen-bond acceptors (Lipinski definition) is 2. The lowest BCUT2D eigenvalue weighted by atomic mass is 9.81. The summed E-state index contributed by atoms with van der Waals surface area (Å²) in [5, 5.41) is 0. The molecule has 0 aromatic carbocycles. The molecule has 0 N–H and O–H groups in total. The number of ketones is 1. The zero-order valence-corrected chi connectivity index (χ0v) is 10.8. The molecular weight excluding hydrogens is 198 g/mol. The summed E-state index contributed by atoms with van der Waals surface area (Å²) in [6.45, 7) is 7.09. The average Bonchev–Trinajstić information content (AvgIpc) is 2.74. The quantitative estimate of drug-likeness (QED) is 0.733. The van der Waals surface area contributed by atoms with Gasteiger partial charge in [0.15, 0.2) is 0 Å². The molecule has 1 saturated heterocycles. The molecule has 2 heteroatoms. The fourth-order valence-corrected chi connectivity index (χ4v) is 3.42. The zero-order chi connectivity index (χ0) is 11.6. The molecule has 2 rings (SSSR count). The van der Waals surface area contributed by atoms with E-state index in [1.54, 1.807) is 0 Å². The summed E-state index contributed by atoms with van der Waals surface area (Å²) < 4.78 is 0. The fraction of sp³-hybridized carbons (Fsp3) is 0.929. The maximum atomic E-state index is 11.5. The van der Waals surface area contributed by atoms with Crippen molar-refractivity contribution in [2.45, 2.75) is 64.8 Å². The van der Waals surface area contributed by atoms with Crippen LogP contribution in [-0.2, 0) is 4.79 Å². The monoisotopic (exact) mass is 223 g/mol. The van der Waals surface area contributed by atoms with Gasteiger partial charge in [-0.1, -0.05) is 13.8 Å². The number of carbonyl (C=O) groups is 1. The van der Waals surface area contributed by atoms with Gasteiger partial charge in [-0.05, 0) is 44.1 Å². The Labute approximate surface area is 99.4 Å². The van der Waals surface area contributed by atoms with Crippen molar-refractivity contribution < 1.29 is 4.79 Å². The van der Waals surface area contributed by atoms with Gasteiger partial charge in [-0.2, -0.15) is 0 Å². The first-order valence-electron chi connectivity index (χ1n) is 6.95. The van der Waals surface area contributed by atoms with Crippen LogP contribution in [-0.4, -0.2) is 29.8 Å². The van der Waals surface area contributed by atoms with Gasteiger partial charge in [-0.3, -0.25) is 9.69 Å². The fourth-order valence-electron chi connectivity index (χ4n) is 3.42. The van der Waals surface area contributed by atoms with E-state index in [-0.39, 0.29) is 0 Å². The number of likely N-dealkylation sites (tertiary alicyclic amines) is 1. The van der Waals surface area contributed by atoms with Crippen molar-refractivity contribution in [2.75, 3.05) is 13.1 Å². The molecule has 1 unspecified atom stereocenters. The highest BCUT2D eigenvalue weighted by atomic mass is 16.1. The van der Waals surface area contributed by atoms with Crippen LogP contribution in [0.15, 0.2) is 0 Å². The Kier molecular flexibility index (Phi) is 3.68. The average molecular weight is 223 g/mol. The molecule has 0 amide bonds. The van der Waals surface area contributed by atoms with E-state index in [0.717, 1.165) is 19.3 Å². The molecule has 2 nitrogen and oxygen atoms in total. The van der Waals surface area contributed by atoms with Gasteiger partial charge in [0, 0.05) is 25.4 Å². The number of hydrogen-bond donors (Lipinski definition) is 0. The van der Waals surface area contributed by atoms with E-state index in [1.165, 1.54) is 38.8 Å². The summed E-state index contributed by atoms with van der Waals surface area (Å²) in [4.78, 5) is 14.1. The maximum Gasteiger partial charge on any atom is 0.134 e. The van der Waals surface area contributed by atoms with Crippen LogP contribution in [0.1, 0.15) is 58.8 Å². The standard InChI is InChI=1S/C14H25NO/c1-3-14(4-2)8-9-15(11-14)12-6-5-7-13(16)10-12/h12H,3-11H2,1-2H3. The van der Waals surface area contributed by atoms with Gasteiger partial charge in [-0.15, -0.1) is 0 Å². The van der Waals surface area contributed by atoms with Crippen molar-refractivity contribution in [3.8, 4) is 0 Å². The predicted octanol–water partition coefficient (Wildman–Crippen LogP) is 3.01. The van der Waals surface area contributed by atoms with Gasteiger partial charge >= 0.3 is 0 Å². The SMILES string of the molecule is CCC1(CC)CCN(C2CCCC(=O)C2)C1. The Bertz CT molecular complexity index is 257. The molecule has 0 bridgehead atoms. The molecule has 1 aliphatic carbocycles. The van der Waals surface area contributed by atoms with Crippen LogP contribution < -0.4 is 0 Å². The van der Waals surface area contributed by atoms with Crippen molar-refractivity contribution in [1.82, 2.24) is 4.90 Å². The first kappa shape index (κ1) is 12.1. The van der Waals surface area contributed by atoms with Crippen LogP contribution in [0.2, 0.25) is 0 Å². The summed E-state index contributed by atoms with van der Waals surface area (Å²) in [5.41, 5.74) is 0.556. The first-order chi connectivity index (χ1) is 7.69. The Morgan fingerprint density at radius 3 is 2.69 bits per heavy atom. The van der Waals surface area contributed by atoms with E-state index in [0.29, 0.717) is 17.2 Å². The Hall–Kier alpha value is -0.370. The van der Waals surface area contributed by atoms with Crippen molar-refractivity contribution in [3.63, 3.8) is 0 Å². The lowest BCUT2D eigenvalue weighted by molar-refractivity contribution is -0.121. The predicted molar refractivity (Wildman–Crippen MR) is 66.5 cm³/mol. The first-order valence-corrected chi connectivity index (χ1v) is 6.95. The van der Waals surface area contributed by atoms with Crippen LogP contribution in [0.5, 0.6) is 0 Å². The van der Waals surface area contributed by atoms with Gasteiger partial charge < -0.3 is 0 Å². The summed E-state index contributed by atoms with van der Waals surface area (Å²) in [5.74, 6) is 0.488. The summed E-state index contributed by atoms with van der Waals surface area (Å²) in [6.07, 6.45) is 7.94. The molecule has 1 saturated carbocycles. The lowest BCUT2D eigenvalue weighted by Crippen LogP contribution is -2.38. The molecule has 1 heterocycles. The van der Waals surface area contributed by atoms with Gasteiger partial charge in [0.05, 0.1) is 0 Å². The van der Waals surface area contributed by atoms with E-state index in [4.69, 9.17) is 0 Å². The minimum atomic E-state index is 0.488. The second-order valence-corrected chi connectivity index (χ2v) is 5.72. The van der Waals surface area contributed by atoms with Gasteiger partial charge in [0.25, 0.3) is 0 Å². The van der Waals surface area contributed by atoms with Gasteiger partial charge in [0.2, 0.25) is 0 Å². The van der Waals surface area contributed by atoms with Crippen LogP contribution >= 0.6 is 0 Å². The van der Waals surface area contributed by atoms with E-state index in [2.05, 4.69) is 18.7 Å². The highest BCUT2D eigenvalue weighted by molar-refractivity contribution is 5.79. The number of Topliss-reactive ketones (excluding diaryl/α,β-unsaturated/α-hetero) is 1. The Morgan fingerprint density at radius 2 is 2.12 bits per heavy atom. The molecule has 0 spiro atoms. The molecule has 1 aliphatic heterocycles. The summed E-state index contributed by atoms with van der Waals surface area (Å²) >= 11 is 0. The minimum Gasteiger partial charge on any atom is -0.300 e. The normalized spacial score (nSPS) is 30.9. The van der Waals surface area contributed by atoms with Crippen molar-refractivity contribution in [3.05, 3.63) is 0 Å². The van der Waals surface area contributed by atoms with Gasteiger partial charge in [-0.25, -0.2) is 0 Å². The summed E-state index contributed by atoms with van der Waals surface area (Å²) in [6, 6.07) is 0.571. The Morgan fingerprint density at radius 1 is 1.38 bits per heavy atom. The van der Waals surface area contributed by atoms with Gasteiger partial charge in [0.1, 0.15) is 5.78 Å². The number of carbonyl (C=O) groups excluding carboxylic acids is 1. The second kappa shape index (κ2) is 4.87. The smallest absolute Gasteiger partial charge is 0.134 e. The third-order valence-electron chi connectivity index (χ3n) is 4.94. The second-order valence-electron chi connectivity index (χ2n) is 5.72. The zero-order valence-electron chi connectivity index (χ0n) is 10.8. The molecule has 16 heavy (non-hydrogen) atoms. The van der Waals surface area contributed by atoms with E-state index >= 15 is 0 Å². The van der Waals surface area contributed by atoms with Crippen LogP contribution in [0.3, 0.4) is 0 Å². The van der Waals surface area contributed by atoms with E-state index < -0.39 is 0 Å². The molecule has 2 aliphatic rings. The molecule has 0 radical (unpaired) electrons. The molecule has 92 valence electrons. The maximum absolute atomic E-state index is 11.5. The van der Waals surface area contributed by atoms with E-state index in [1.807, 2.05) is 0 Å². The van der Waals surface area contributed by atoms with Crippen LogP contribution in [0.25, 0.3) is 0 Å². The molecule has 2 fully saturated rings. The Balaban J connectivity index is 1.94. The third kappa shape index (κ3) is 2.32. The highest BCUT2D eigenvalue weighted by Crippen LogP contribution is 2.39. The minimum absolute atomic E-state index is 0.488. The largest absolute Gasteiger partial charge is 0.300 e. The highest BCUT2D eigenvalue weighted by Gasteiger charge is 2.38. The van der Waals surface area contributed by atoms with Crippen molar-refractivity contribution in [1.29, 1.82) is 0 Å². The molecular formula is C14H25NO. The van der Waals surface area contributed by atoms with Crippen molar-refractivity contribution in [2.24, 2.45) is 5.41 Å². The third-order valence-corrected chi connectivity index (χ3v) is 4.94. The molecule has 0 aromatic rings. The number of rotatable bonds is 3.